The lowest BCUT2D eigenvalue weighted by molar-refractivity contribution is 0.0676. The maximum Gasteiger partial charge on any atom is 0.272 e. The van der Waals surface area contributed by atoms with Gasteiger partial charge in [0, 0.05) is 7.05 Å². The predicted octanol–water partition coefficient (Wildman–Crippen LogP) is 0.673. The third-order valence-electron chi connectivity index (χ3n) is 2.19. The van der Waals surface area contributed by atoms with Gasteiger partial charge in [-0.3, -0.25) is 4.79 Å². The van der Waals surface area contributed by atoms with E-state index in [0.29, 0.717) is 0 Å². The van der Waals surface area contributed by atoms with Crippen molar-refractivity contribution in [2.45, 2.75) is 13.0 Å². The lowest BCUT2D eigenvalue weighted by Gasteiger charge is -2.22. The van der Waals surface area contributed by atoms with E-state index in [1.165, 1.54) is 17.0 Å². The zero-order chi connectivity index (χ0) is 11.4. The number of hydrogen-bond donors (Lipinski definition) is 1. The van der Waals surface area contributed by atoms with Crippen LogP contribution in [0.3, 0.4) is 0 Å². The van der Waals surface area contributed by atoms with Crippen LogP contribution >= 0.6 is 0 Å². The van der Waals surface area contributed by atoms with Gasteiger partial charge >= 0.3 is 0 Å². The van der Waals surface area contributed by atoms with E-state index in [0.717, 1.165) is 6.20 Å². The SMILES string of the molecule is CC(CO)N(C)C(=O)c1ccc(F)cn1. The summed E-state index contributed by atoms with van der Waals surface area (Å²) in [7, 11) is 1.56. The van der Waals surface area contributed by atoms with Crippen LogP contribution in [0.25, 0.3) is 0 Å². The molecule has 0 saturated carbocycles. The highest BCUT2D eigenvalue weighted by Gasteiger charge is 2.17. The summed E-state index contributed by atoms with van der Waals surface area (Å²) in [6, 6.07) is 2.21. The number of aromatic nitrogens is 1. The Morgan fingerprint density at radius 3 is 2.80 bits per heavy atom. The molecule has 1 N–H and O–H groups in total. The molecule has 0 aliphatic heterocycles. The third kappa shape index (κ3) is 2.73. The molecule has 0 bridgehead atoms. The number of aliphatic hydroxyl groups excluding tert-OH is 1. The molecule has 0 fully saturated rings. The second-order valence-electron chi connectivity index (χ2n) is 3.31. The molecule has 4 nitrogen and oxygen atoms in total. The monoisotopic (exact) mass is 212 g/mol. The molecule has 1 unspecified atom stereocenters. The number of carbonyl (C=O) groups excluding carboxylic acids is 1. The van der Waals surface area contributed by atoms with E-state index < -0.39 is 5.82 Å². The van der Waals surface area contributed by atoms with E-state index in [2.05, 4.69) is 4.98 Å². The van der Waals surface area contributed by atoms with E-state index in [4.69, 9.17) is 5.11 Å². The zero-order valence-electron chi connectivity index (χ0n) is 8.64. The van der Waals surface area contributed by atoms with Crippen LogP contribution in [0.5, 0.6) is 0 Å². The molecular formula is C10H13FN2O2. The van der Waals surface area contributed by atoms with Crippen LogP contribution in [0.1, 0.15) is 17.4 Å². The highest BCUT2D eigenvalue weighted by atomic mass is 19.1. The van der Waals surface area contributed by atoms with Gasteiger partial charge < -0.3 is 10.0 Å². The Kier molecular flexibility index (Phi) is 3.74. The molecule has 0 aliphatic rings. The number of rotatable bonds is 3. The molecule has 1 rings (SSSR count). The van der Waals surface area contributed by atoms with Crippen LogP contribution < -0.4 is 0 Å². The van der Waals surface area contributed by atoms with Crippen molar-refractivity contribution in [2.75, 3.05) is 13.7 Å². The van der Waals surface area contributed by atoms with Crippen molar-refractivity contribution in [2.24, 2.45) is 0 Å². The van der Waals surface area contributed by atoms with E-state index in [1.54, 1.807) is 14.0 Å². The van der Waals surface area contributed by atoms with Crippen LogP contribution in [0.15, 0.2) is 18.3 Å². The quantitative estimate of drug-likeness (QED) is 0.801. The number of pyridine rings is 1. The number of likely N-dealkylation sites (N-methyl/N-ethyl adjacent to an activating group) is 1. The van der Waals surface area contributed by atoms with Gasteiger partial charge in [0.1, 0.15) is 11.5 Å². The summed E-state index contributed by atoms with van der Waals surface area (Å²) in [5.41, 5.74) is 0.166. The summed E-state index contributed by atoms with van der Waals surface area (Å²) in [5.74, 6) is -0.819. The molecule has 0 aliphatic carbocycles. The first-order valence-corrected chi connectivity index (χ1v) is 4.56. The van der Waals surface area contributed by atoms with Crippen LogP contribution in [0.4, 0.5) is 4.39 Å². The minimum Gasteiger partial charge on any atom is -0.394 e. The van der Waals surface area contributed by atoms with Crippen molar-refractivity contribution >= 4 is 5.91 Å². The van der Waals surface area contributed by atoms with Crippen LogP contribution in [-0.2, 0) is 0 Å². The normalized spacial score (nSPS) is 12.3. The molecule has 0 spiro atoms. The standard InChI is InChI=1S/C10H13FN2O2/c1-7(6-14)13(2)10(15)9-4-3-8(11)5-12-9/h3-5,7,14H,6H2,1-2H3. The molecule has 0 aromatic carbocycles. The van der Waals surface area contributed by atoms with Crippen molar-refractivity contribution in [3.8, 4) is 0 Å². The first-order valence-electron chi connectivity index (χ1n) is 4.56. The highest BCUT2D eigenvalue weighted by Crippen LogP contribution is 2.04. The second-order valence-corrected chi connectivity index (χ2v) is 3.31. The second kappa shape index (κ2) is 4.84. The minimum atomic E-state index is -0.482. The van der Waals surface area contributed by atoms with Crippen molar-refractivity contribution in [3.05, 3.63) is 29.8 Å². The summed E-state index contributed by atoms with van der Waals surface area (Å²) in [4.78, 5) is 16.7. The Morgan fingerprint density at radius 1 is 1.67 bits per heavy atom. The molecule has 82 valence electrons. The van der Waals surface area contributed by atoms with Gasteiger partial charge in [-0.1, -0.05) is 0 Å². The summed E-state index contributed by atoms with van der Waals surface area (Å²) in [6.45, 7) is 1.59. The zero-order valence-corrected chi connectivity index (χ0v) is 8.64. The average Bonchev–Trinajstić information content (AvgIpc) is 2.27. The van der Waals surface area contributed by atoms with Crippen LogP contribution in [-0.4, -0.2) is 40.6 Å². The van der Waals surface area contributed by atoms with Crippen molar-refractivity contribution in [3.63, 3.8) is 0 Å². The number of halogens is 1. The molecule has 1 amide bonds. The first kappa shape index (κ1) is 11.6. The molecule has 5 heteroatoms. The number of aliphatic hydroxyl groups is 1. The third-order valence-corrected chi connectivity index (χ3v) is 2.19. The number of amides is 1. The summed E-state index contributed by atoms with van der Waals surface area (Å²) < 4.78 is 12.5. The summed E-state index contributed by atoms with van der Waals surface area (Å²) in [5, 5.41) is 8.87. The smallest absolute Gasteiger partial charge is 0.272 e. The Morgan fingerprint density at radius 2 is 2.33 bits per heavy atom. The average molecular weight is 212 g/mol. The molecule has 0 saturated heterocycles. The fraction of sp³-hybridized carbons (Fsp3) is 0.400. The molecule has 1 aromatic heterocycles. The van der Waals surface area contributed by atoms with Gasteiger partial charge in [-0.25, -0.2) is 9.37 Å². The fourth-order valence-corrected chi connectivity index (χ4v) is 1.01. The Balaban J connectivity index is 2.80. The first-order chi connectivity index (χ1) is 7.06. The minimum absolute atomic E-state index is 0.122. The lowest BCUT2D eigenvalue weighted by Crippen LogP contribution is -2.37. The Hall–Kier alpha value is -1.49. The van der Waals surface area contributed by atoms with Gasteiger partial charge in [-0.05, 0) is 19.1 Å². The van der Waals surface area contributed by atoms with E-state index in [1.807, 2.05) is 0 Å². The van der Waals surface area contributed by atoms with Gasteiger partial charge in [0.25, 0.3) is 5.91 Å². The maximum absolute atomic E-state index is 12.5. The molecule has 1 heterocycles. The Bertz CT molecular complexity index is 340. The molecule has 1 aromatic rings. The van der Waals surface area contributed by atoms with Gasteiger partial charge in [0.15, 0.2) is 0 Å². The van der Waals surface area contributed by atoms with Crippen molar-refractivity contribution in [1.82, 2.24) is 9.88 Å². The van der Waals surface area contributed by atoms with Gasteiger partial charge in [-0.15, -0.1) is 0 Å². The topological polar surface area (TPSA) is 53.4 Å². The molecule has 15 heavy (non-hydrogen) atoms. The van der Waals surface area contributed by atoms with Crippen molar-refractivity contribution in [1.29, 1.82) is 0 Å². The predicted molar refractivity (Wildman–Crippen MR) is 52.8 cm³/mol. The number of hydrogen-bond acceptors (Lipinski definition) is 3. The summed E-state index contributed by atoms with van der Waals surface area (Å²) in [6.07, 6.45) is 0.991. The summed E-state index contributed by atoms with van der Waals surface area (Å²) >= 11 is 0. The molecule has 0 radical (unpaired) electrons. The number of nitrogens with zero attached hydrogens (tertiary/aromatic N) is 2. The maximum atomic E-state index is 12.5. The molecular weight excluding hydrogens is 199 g/mol. The van der Waals surface area contributed by atoms with Crippen LogP contribution in [0.2, 0.25) is 0 Å². The van der Waals surface area contributed by atoms with E-state index in [-0.39, 0.29) is 24.2 Å². The number of carbonyl (C=O) groups is 1. The van der Waals surface area contributed by atoms with Crippen molar-refractivity contribution < 1.29 is 14.3 Å². The van der Waals surface area contributed by atoms with Gasteiger partial charge in [0.2, 0.25) is 0 Å². The Labute approximate surface area is 87.4 Å². The largest absolute Gasteiger partial charge is 0.394 e. The van der Waals surface area contributed by atoms with Gasteiger partial charge in [-0.2, -0.15) is 0 Å². The molecule has 1 atom stereocenters. The highest BCUT2D eigenvalue weighted by molar-refractivity contribution is 5.92. The van der Waals surface area contributed by atoms with E-state index in [9.17, 15) is 9.18 Å². The van der Waals surface area contributed by atoms with Crippen LogP contribution in [0, 0.1) is 5.82 Å². The lowest BCUT2D eigenvalue weighted by atomic mass is 10.2. The fourth-order valence-electron chi connectivity index (χ4n) is 1.01. The van der Waals surface area contributed by atoms with E-state index >= 15 is 0 Å². The van der Waals surface area contributed by atoms with Gasteiger partial charge in [0.05, 0.1) is 18.8 Å².